The van der Waals surface area contributed by atoms with Gasteiger partial charge < -0.3 is 19.5 Å². The zero-order chi connectivity index (χ0) is 21.3. The first-order valence-electron chi connectivity index (χ1n) is 9.18. The second-order valence-electron chi connectivity index (χ2n) is 6.32. The molecule has 0 heterocycles. The van der Waals surface area contributed by atoms with Crippen LogP contribution in [0, 0.1) is 0 Å². The highest BCUT2D eigenvalue weighted by atomic mass is 19.4. The van der Waals surface area contributed by atoms with Crippen molar-refractivity contribution in [3.05, 3.63) is 53.6 Å². The first-order valence-corrected chi connectivity index (χ1v) is 9.18. The molecule has 0 radical (unpaired) electrons. The summed E-state index contributed by atoms with van der Waals surface area (Å²) in [6, 6.07) is 11.3. The SMILES string of the molecule is CCCCOc1ccc(OC)cc1NC(=O)c1ccc(COCC(F)(F)F)cc1. The number of carbonyl (C=O) groups is 1. The molecule has 0 atom stereocenters. The highest BCUT2D eigenvalue weighted by Crippen LogP contribution is 2.30. The van der Waals surface area contributed by atoms with Gasteiger partial charge in [0.05, 0.1) is 26.0 Å². The number of carbonyl (C=O) groups excluding carboxylic acids is 1. The van der Waals surface area contributed by atoms with Gasteiger partial charge in [-0.25, -0.2) is 0 Å². The zero-order valence-corrected chi connectivity index (χ0v) is 16.3. The van der Waals surface area contributed by atoms with Crippen LogP contribution in [0.2, 0.25) is 0 Å². The molecule has 0 saturated heterocycles. The lowest BCUT2D eigenvalue weighted by atomic mass is 10.1. The topological polar surface area (TPSA) is 56.8 Å². The van der Waals surface area contributed by atoms with E-state index in [2.05, 4.69) is 17.0 Å². The predicted molar refractivity (Wildman–Crippen MR) is 104 cm³/mol. The van der Waals surface area contributed by atoms with E-state index < -0.39 is 12.8 Å². The molecule has 0 fully saturated rings. The van der Waals surface area contributed by atoms with Crippen molar-refractivity contribution in [1.29, 1.82) is 0 Å². The smallest absolute Gasteiger partial charge is 0.411 e. The Hall–Kier alpha value is -2.74. The van der Waals surface area contributed by atoms with E-state index in [0.717, 1.165) is 12.8 Å². The van der Waals surface area contributed by atoms with Crippen LogP contribution in [0.5, 0.6) is 11.5 Å². The molecule has 2 rings (SSSR count). The van der Waals surface area contributed by atoms with Gasteiger partial charge in [-0.05, 0) is 36.2 Å². The Bertz CT molecular complexity index is 792. The third-order valence-corrected chi connectivity index (χ3v) is 3.94. The Labute approximate surface area is 167 Å². The summed E-state index contributed by atoms with van der Waals surface area (Å²) in [6.07, 6.45) is -2.50. The van der Waals surface area contributed by atoms with Crippen molar-refractivity contribution in [2.24, 2.45) is 0 Å². The van der Waals surface area contributed by atoms with Crippen molar-refractivity contribution in [1.82, 2.24) is 0 Å². The molecule has 0 aliphatic carbocycles. The van der Waals surface area contributed by atoms with Gasteiger partial charge >= 0.3 is 6.18 Å². The lowest BCUT2D eigenvalue weighted by Gasteiger charge is -2.14. The third-order valence-electron chi connectivity index (χ3n) is 3.94. The Morgan fingerprint density at radius 2 is 1.83 bits per heavy atom. The van der Waals surface area contributed by atoms with E-state index >= 15 is 0 Å². The van der Waals surface area contributed by atoms with Crippen molar-refractivity contribution < 1.29 is 32.2 Å². The van der Waals surface area contributed by atoms with Gasteiger partial charge in [-0.1, -0.05) is 25.5 Å². The largest absolute Gasteiger partial charge is 0.497 e. The standard InChI is InChI=1S/C21H24F3NO4/c1-3-4-11-29-19-10-9-17(27-2)12-18(19)25-20(26)16-7-5-15(6-8-16)13-28-14-21(22,23)24/h5-10,12H,3-4,11,13-14H2,1-2H3,(H,25,26). The first-order chi connectivity index (χ1) is 13.8. The van der Waals surface area contributed by atoms with Gasteiger partial charge in [-0.3, -0.25) is 4.79 Å². The summed E-state index contributed by atoms with van der Waals surface area (Å²) < 4.78 is 51.9. The van der Waals surface area contributed by atoms with Crippen LogP contribution in [0.3, 0.4) is 0 Å². The van der Waals surface area contributed by atoms with Crippen LogP contribution in [-0.4, -0.2) is 32.4 Å². The Kier molecular flexibility index (Phi) is 8.33. The van der Waals surface area contributed by atoms with Crippen LogP contribution < -0.4 is 14.8 Å². The van der Waals surface area contributed by atoms with Crippen molar-refractivity contribution >= 4 is 11.6 Å². The number of halogens is 3. The molecule has 0 aliphatic rings. The summed E-state index contributed by atoms with van der Waals surface area (Å²) >= 11 is 0. The van der Waals surface area contributed by atoms with E-state index in [1.165, 1.54) is 19.2 Å². The van der Waals surface area contributed by atoms with Crippen LogP contribution in [0.25, 0.3) is 0 Å². The molecule has 0 aromatic heterocycles. The molecule has 0 unspecified atom stereocenters. The number of ether oxygens (including phenoxy) is 3. The Morgan fingerprint density at radius 1 is 1.10 bits per heavy atom. The molecule has 2 aromatic carbocycles. The molecule has 29 heavy (non-hydrogen) atoms. The summed E-state index contributed by atoms with van der Waals surface area (Å²) in [5.41, 5.74) is 1.37. The van der Waals surface area contributed by atoms with Crippen LogP contribution in [-0.2, 0) is 11.3 Å². The molecular weight excluding hydrogens is 387 g/mol. The van der Waals surface area contributed by atoms with E-state index in [1.807, 2.05) is 0 Å². The average molecular weight is 411 g/mol. The monoisotopic (exact) mass is 411 g/mol. The number of hydrogen-bond donors (Lipinski definition) is 1. The quantitative estimate of drug-likeness (QED) is 0.546. The summed E-state index contributed by atoms with van der Waals surface area (Å²) in [7, 11) is 1.53. The molecule has 0 bridgehead atoms. The van der Waals surface area contributed by atoms with Gasteiger partial charge in [0.15, 0.2) is 0 Å². The molecule has 1 N–H and O–H groups in total. The summed E-state index contributed by atoms with van der Waals surface area (Å²) in [6.45, 7) is 1.08. The molecule has 0 saturated carbocycles. The van der Waals surface area contributed by atoms with Crippen LogP contribution >= 0.6 is 0 Å². The number of unbranched alkanes of at least 4 members (excludes halogenated alkanes) is 1. The molecule has 158 valence electrons. The number of amides is 1. The molecule has 5 nitrogen and oxygen atoms in total. The van der Waals surface area contributed by atoms with Crippen LogP contribution in [0.4, 0.5) is 18.9 Å². The van der Waals surface area contributed by atoms with Crippen LogP contribution in [0.15, 0.2) is 42.5 Å². The van der Waals surface area contributed by atoms with Gasteiger partial charge in [0, 0.05) is 11.6 Å². The minimum absolute atomic E-state index is 0.188. The molecule has 2 aromatic rings. The first kappa shape index (κ1) is 22.5. The van der Waals surface area contributed by atoms with Crippen LogP contribution in [0.1, 0.15) is 35.7 Å². The Morgan fingerprint density at radius 3 is 2.45 bits per heavy atom. The van der Waals surface area contributed by atoms with E-state index in [0.29, 0.717) is 34.9 Å². The van der Waals surface area contributed by atoms with Crippen molar-refractivity contribution in [3.8, 4) is 11.5 Å². The third kappa shape index (κ3) is 7.65. The lowest BCUT2D eigenvalue weighted by molar-refractivity contribution is -0.176. The summed E-state index contributed by atoms with van der Waals surface area (Å²) in [5.74, 6) is 0.728. The highest BCUT2D eigenvalue weighted by Gasteiger charge is 2.27. The minimum atomic E-state index is -4.37. The van der Waals surface area contributed by atoms with E-state index in [9.17, 15) is 18.0 Å². The molecule has 0 spiro atoms. The summed E-state index contributed by atoms with van der Waals surface area (Å²) in [5, 5.41) is 2.79. The predicted octanol–water partition coefficient (Wildman–Crippen LogP) is 5.21. The van der Waals surface area contributed by atoms with E-state index in [-0.39, 0.29) is 12.5 Å². The number of benzene rings is 2. The van der Waals surface area contributed by atoms with Gasteiger partial charge in [-0.15, -0.1) is 0 Å². The molecule has 0 aliphatic heterocycles. The summed E-state index contributed by atoms with van der Waals surface area (Å²) in [4.78, 5) is 12.6. The van der Waals surface area contributed by atoms with Crippen molar-refractivity contribution in [2.75, 3.05) is 25.6 Å². The Balaban J connectivity index is 2.03. The molecular formula is C21H24F3NO4. The number of hydrogen-bond acceptors (Lipinski definition) is 4. The highest BCUT2D eigenvalue weighted by molar-refractivity contribution is 6.05. The van der Waals surface area contributed by atoms with Gasteiger partial charge in [0.2, 0.25) is 0 Å². The maximum absolute atomic E-state index is 12.6. The van der Waals surface area contributed by atoms with Gasteiger partial charge in [0.25, 0.3) is 5.91 Å². The maximum Gasteiger partial charge on any atom is 0.411 e. The second-order valence-corrected chi connectivity index (χ2v) is 6.32. The van der Waals surface area contributed by atoms with E-state index in [1.54, 1.807) is 30.3 Å². The van der Waals surface area contributed by atoms with Gasteiger partial charge in [0.1, 0.15) is 18.1 Å². The number of alkyl halides is 3. The fraction of sp³-hybridized carbons (Fsp3) is 0.381. The minimum Gasteiger partial charge on any atom is -0.497 e. The number of nitrogens with one attached hydrogen (secondary N) is 1. The fourth-order valence-electron chi connectivity index (χ4n) is 2.42. The normalized spacial score (nSPS) is 11.2. The molecule has 1 amide bonds. The van der Waals surface area contributed by atoms with Crippen molar-refractivity contribution in [2.45, 2.75) is 32.5 Å². The number of anilines is 1. The number of rotatable bonds is 10. The van der Waals surface area contributed by atoms with E-state index in [4.69, 9.17) is 9.47 Å². The van der Waals surface area contributed by atoms with Crippen molar-refractivity contribution in [3.63, 3.8) is 0 Å². The average Bonchev–Trinajstić information content (AvgIpc) is 2.68. The maximum atomic E-state index is 12.6. The zero-order valence-electron chi connectivity index (χ0n) is 16.3. The van der Waals surface area contributed by atoms with Gasteiger partial charge in [-0.2, -0.15) is 13.2 Å². The lowest BCUT2D eigenvalue weighted by Crippen LogP contribution is -2.16. The number of methoxy groups -OCH3 is 1. The molecule has 8 heteroatoms. The fourth-order valence-corrected chi connectivity index (χ4v) is 2.42. The second kappa shape index (κ2) is 10.7.